The molecule has 0 aliphatic carbocycles. The van der Waals surface area contributed by atoms with Crippen LogP contribution in [-0.4, -0.2) is 253 Å². The van der Waals surface area contributed by atoms with Crippen LogP contribution in [0.4, 0.5) is 22.7 Å². The molecule has 7 aromatic carbocycles. The summed E-state index contributed by atoms with van der Waals surface area (Å²) in [4.78, 5) is 62.7. The number of piperazine rings is 3. The maximum Gasteiger partial charge on any atom is 0.335 e. The summed E-state index contributed by atoms with van der Waals surface area (Å²) in [6.07, 6.45) is 4.15. The van der Waals surface area contributed by atoms with Gasteiger partial charge in [0.25, 0.3) is 37.8 Å². The van der Waals surface area contributed by atoms with Crippen molar-refractivity contribution in [3.63, 3.8) is 0 Å². The molecule has 0 radical (unpaired) electrons. The number of carbonyl (C=O) groups is 3. The number of sulfonamides is 2. The summed E-state index contributed by atoms with van der Waals surface area (Å²) in [5, 5.41) is 3.53. The number of methoxy groups -OCH3 is 6. The minimum Gasteiger partial charge on any atom is -0.493 e. The van der Waals surface area contributed by atoms with E-state index in [1.807, 2.05) is 118 Å². The van der Waals surface area contributed by atoms with Crippen molar-refractivity contribution in [2.45, 2.75) is 105 Å². The summed E-state index contributed by atoms with van der Waals surface area (Å²) < 4.78 is 125. The summed E-state index contributed by atoms with van der Waals surface area (Å²) in [6.45, 7) is 24.3. The lowest BCUT2D eigenvalue weighted by Gasteiger charge is -2.37. The molecule has 5 fully saturated rings. The van der Waals surface area contributed by atoms with Crippen molar-refractivity contribution < 1.29 is 72.6 Å². The summed E-state index contributed by atoms with van der Waals surface area (Å²) in [5.41, 5.74) is 12.8. The third-order valence-electron chi connectivity index (χ3n) is 26.7. The molecule has 3 atom stereocenters. The average Bonchev–Trinajstić information content (AvgIpc) is 1.61. The first-order chi connectivity index (χ1) is 61.9. The normalized spacial score (nSPS) is 18.4. The van der Waals surface area contributed by atoms with Crippen molar-refractivity contribution in [3.8, 4) is 34.5 Å². The van der Waals surface area contributed by atoms with Crippen LogP contribution in [0.2, 0.25) is 0 Å². The van der Waals surface area contributed by atoms with Crippen LogP contribution in [0.15, 0.2) is 177 Å². The highest BCUT2D eigenvalue weighted by atomic mass is 32.3. The van der Waals surface area contributed by atoms with E-state index >= 15 is 0 Å². The third kappa shape index (κ3) is 20.1. The fourth-order valence-electron chi connectivity index (χ4n) is 19.4. The zero-order chi connectivity index (χ0) is 90.1. The first-order valence-electron chi connectivity index (χ1n) is 44.2. The van der Waals surface area contributed by atoms with Crippen molar-refractivity contribution in [3.05, 3.63) is 224 Å². The first kappa shape index (κ1) is 92.7. The fourth-order valence-corrected chi connectivity index (χ4v) is 24.8. The molecule has 0 saturated carbocycles. The molecule has 128 heavy (non-hydrogen) atoms. The summed E-state index contributed by atoms with van der Waals surface area (Å²) in [6, 6.07) is 48.6. The summed E-state index contributed by atoms with van der Waals surface area (Å²) in [7, 11) is -1.81. The topological polar surface area (TPSA) is 277 Å². The van der Waals surface area contributed by atoms with Gasteiger partial charge in [-0.1, -0.05) is 81.4 Å². The van der Waals surface area contributed by atoms with Crippen molar-refractivity contribution in [2.24, 2.45) is 11.8 Å². The van der Waals surface area contributed by atoms with Crippen molar-refractivity contribution in [1.29, 1.82) is 0 Å². The first-order valence-corrected chi connectivity index (χ1v) is 50.3. The monoisotopic (exact) mass is 1840 g/mol. The van der Waals surface area contributed by atoms with E-state index in [-0.39, 0.29) is 58.9 Å². The maximum atomic E-state index is 14.2. The summed E-state index contributed by atoms with van der Waals surface area (Å²) >= 11 is 2.42. The van der Waals surface area contributed by atoms with Gasteiger partial charge in [0.1, 0.15) is 8.42 Å². The third-order valence-corrected chi connectivity index (χ3v) is 33.7. The van der Waals surface area contributed by atoms with Gasteiger partial charge < -0.3 is 72.5 Å². The molecule has 10 heterocycles. The lowest BCUT2D eigenvalue weighted by atomic mass is 9.87. The lowest BCUT2D eigenvalue weighted by Crippen LogP contribution is -2.46. The number of rotatable bonds is 29. The lowest BCUT2D eigenvalue weighted by molar-refractivity contribution is 0.0652. The molecule has 684 valence electrons. The number of nitrogens with one attached hydrogen (secondary N) is 1. The highest BCUT2D eigenvalue weighted by Crippen LogP contribution is 2.48. The Morgan fingerprint density at radius 3 is 1.11 bits per heavy atom. The average molecular weight is 1840 g/mol. The van der Waals surface area contributed by atoms with Crippen LogP contribution < -0.4 is 47.8 Å². The van der Waals surface area contributed by atoms with Gasteiger partial charge in [0, 0.05) is 180 Å². The van der Waals surface area contributed by atoms with Crippen molar-refractivity contribution in [2.75, 3.05) is 186 Å². The van der Waals surface area contributed by atoms with Gasteiger partial charge in [0.2, 0.25) is 0 Å². The Kier molecular flexibility index (Phi) is 29.7. The number of nitrogens with zero attached hydrogens (tertiary/aromatic N) is 11. The standard InChI is InChI=1S/C33H36N4O5S2.C33H42N4O5S2.C29H40N4O6S/c1-4-35-15-17-36(18-16-35)28-11-6-10-26-27(28)22-37(33(26)38)32(24-13-14-29(41-2)30(21-24)42-3)23-8-5-9-25(20-23)34-44(39,40)31-12-7-19-43-31;1-4-34-16-18-35(19-17-34)28-8-5-7-26-27(28)23-37(33(26)38)29(25-10-11-30(41-2)31(22-25)42-3)21-24-12-14-36(15-13-24)44(39,40)32-9-6-20-43-32;1-4-30-14-16-31(17-15-30)25-7-5-6-23-24(25)20-33(29(23)34)26(22-8-9-27(38-2)28(19-22)39-3)18-21-10-12-32(13-11-21)40(35,36)37/h5-14,19-21,32,34H,4,15-18,22H2,1-3H3;5-11,20,22,24,29H,4,12-19,21,23H2,1-3H3;5-9,19,21,26H,4,10-18,20H2,1-3H3,(H,35,36,37). The zero-order valence-electron chi connectivity index (χ0n) is 74.4. The Morgan fingerprint density at radius 2 is 0.734 bits per heavy atom. The molecule has 5 saturated heterocycles. The van der Waals surface area contributed by atoms with Crippen molar-refractivity contribution in [1.82, 2.24) is 38.0 Å². The van der Waals surface area contributed by atoms with E-state index in [0.717, 1.165) is 200 Å². The number of likely N-dealkylation sites (N-methyl/N-ethyl adjacent to an activating group) is 3. The molecule has 3 amide bonds. The van der Waals surface area contributed by atoms with Crippen LogP contribution in [0, 0.1) is 11.8 Å². The zero-order valence-corrected chi connectivity index (χ0v) is 78.5. The van der Waals surface area contributed by atoms with E-state index in [4.69, 9.17) is 28.4 Å². The number of hydrogen-bond acceptors (Lipinski definition) is 23. The fraction of sp³-hybridized carbons (Fsp3) is 0.442. The SMILES string of the molecule is CCN1CCN(c2cccc3c2CN(C(CC2CCN(S(=O)(=O)O)CC2)c2ccc(OC)c(OC)c2)C3=O)CC1.CCN1CCN(c2cccc3c2CN(C(CC2CCN(S(=O)(=O)c4cccs4)CC2)c2ccc(OC)c(OC)c2)C3=O)CC1.CCN1CCN(c2cccc3c2CN(C(c2cccc(NS(=O)(=O)c4cccs4)c2)c2ccc(OC)c(OC)c2)C3=O)CC1. The van der Waals surface area contributed by atoms with Crippen LogP contribution in [-0.2, 0) is 50.0 Å². The molecule has 2 aromatic heterocycles. The molecule has 9 aromatic rings. The van der Waals surface area contributed by atoms with E-state index in [0.29, 0.717) is 102 Å². The molecule has 17 rings (SSSR count). The van der Waals surface area contributed by atoms with Crippen LogP contribution in [0.1, 0.15) is 147 Å². The Morgan fingerprint density at radius 1 is 0.383 bits per heavy atom. The number of anilines is 4. The van der Waals surface area contributed by atoms with E-state index in [1.165, 1.54) is 11.3 Å². The predicted molar refractivity (Wildman–Crippen MR) is 500 cm³/mol. The molecule has 28 nitrogen and oxygen atoms in total. The van der Waals surface area contributed by atoms with Gasteiger partial charge in [-0.3, -0.25) is 23.7 Å². The quantitative estimate of drug-likeness (QED) is 0.0412. The van der Waals surface area contributed by atoms with E-state index in [2.05, 4.69) is 73.1 Å². The second kappa shape index (κ2) is 41.0. The van der Waals surface area contributed by atoms with Gasteiger partial charge in [0.05, 0.1) is 60.8 Å². The van der Waals surface area contributed by atoms with E-state index < -0.39 is 36.4 Å². The minimum atomic E-state index is -4.20. The van der Waals surface area contributed by atoms with Crippen LogP contribution in [0.25, 0.3) is 0 Å². The highest BCUT2D eigenvalue weighted by Gasteiger charge is 2.43. The van der Waals surface area contributed by atoms with E-state index in [1.54, 1.807) is 94.1 Å². The molecule has 33 heteroatoms. The molecule has 0 bridgehead atoms. The number of amides is 3. The van der Waals surface area contributed by atoms with E-state index in [9.17, 15) is 44.2 Å². The molecular weight excluding hydrogens is 1730 g/mol. The minimum absolute atomic E-state index is 0.0131. The predicted octanol–water partition coefficient (Wildman–Crippen LogP) is 14.0. The molecule has 3 unspecified atom stereocenters. The second-order valence-corrected chi connectivity index (χ2v) is 40.9. The largest absolute Gasteiger partial charge is 0.493 e. The van der Waals surface area contributed by atoms with Gasteiger partial charge in [-0.15, -0.1) is 22.7 Å². The number of carbonyl (C=O) groups excluding carboxylic acids is 3. The molecule has 0 spiro atoms. The number of fused-ring (bicyclic) bond motifs is 3. The second-order valence-electron chi connectivity index (χ2n) is 33.5. The number of piperidine rings is 2. The van der Waals surface area contributed by atoms with Gasteiger partial charge in [-0.2, -0.15) is 17.0 Å². The van der Waals surface area contributed by atoms with Gasteiger partial charge in [-0.25, -0.2) is 16.8 Å². The Balaban J connectivity index is 0.000000148. The van der Waals surface area contributed by atoms with Gasteiger partial charge in [-0.05, 0) is 200 Å². The smallest absolute Gasteiger partial charge is 0.335 e. The van der Waals surface area contributed by atoms with Crippen molar-refractivity contribution >= 4 is 93.5 Å². The number of thiophene rings is 2. The van der Waals surface area contributed by atoms with Gasteiger partial charge >= 0.3 is 10.3 Å². The van der Waals surface area contributed by atoms with Crippen LogP contribution >= 0.6 is 22.7 Å². The molecule has 8 aliphatic rings. The highest BCUT2D eigenvalue weighted by molar-refractivity contribution is 7.94. The Labute approximate surface area is 761 Å². The number of hydrogen-bond donors (Lipinski definition) is 2. The summed E-state index contributed by atoms with van der Waals surface area (Å²) in [5.74, 6) is 4.07. The maximum absolute atomic E-state index is 14.2. The molecule has 2 N–H and O–H groups in total. The Hall–Kier alpha value is -10.0. The van der Waals surface area contributed by atoms with Crippen LogP contribution in [0.5, 0.6) is 34.5 Å². The van der Waals surface area contributed by atoms with Crippen LogP contribution in [0.3, 0.4) is 0 Å². The van der Waals surface area contributed by atoms with Gasteiger partial charge in [0.15, 0.2) is 34.5 Å². The molecule has 8 aliphatic heterocycles. The Bertz CT molecular complexity index is 5730. The number of ether oxygens (including phenoxy) is 6. The number of benzene rings is 7. The molecular formula is C95H118N12O16S5.